The van der Waals surface area contributed by atoms with Crippen LogP contribution in [0.25, 0.3) is 0 Å². The van der Waals surface area contributed by atoms with Gasteiger partial charge >= 0.3 is 0 Å². The average molecular weight is 274 g/mol. The number of benzene rings is 1. The largest absolute Gasteiger partial charge is 0.327 e. The predicted octanol–water partition coefficient (Wildman–Crippen LogP) is 3.59. The molecule has 0 saturated carbocycles. The molecule has 1 aromatic rings. The van der Waals surface area contributed by atoms with E-state index in [1.165, 1.54) is 5.56 Å². The molecule has 78 valence electrons. The van der Waals surface area contributed by atoms with Gasteiger partial charge in [0.05, 0.1) is 0 Å². The molecule has 0 saturated heterocycles. The Morgan fingerprint density at radius 3 is 2.71 bits per heavy atom. The van der Waals surface area contributed by atoms with E-state index in [2.05, 4.69) is 48.0 Å². The molecule has 0 bridgehead atoms. The lowest BCUT2D eigenvalue weighted by atomic mass is 10.1. The van der Waals surface area contributed by atoms with Crippen molar-refractivity contribution in [3.05, 3.63) is 34.3 Å². The fourth-order valence-corrected chi connectivity index (χ4v) is 2.83. The summed E-state index contributed by atoms with van der Waals surface area (Å²) in [6, 6.07) is 8.58. The van der Waals surface area contributed by atoms with Crippen molar-refractivity contribution in [3.8, 4) is 0 Å². The molecule has 2 unspecified atom stereocenters. The van der Waals surface area contributed by atoms with Crippen molar-refractivity contribution in [1.82, 2.24) is 0 Å². The molecule has 0 aromatic heterocycles. The molecule has 0 amide bonds. The highest BCUT2D eigenvalue weighted by Gasteiger charge is 2.15. The average Bonchev–Trinajstić information content (AvgIpc) is 2.13. The number of rotatable bonds is 4. The molecule has 0 heterocycles. The summed E-state index contributed by atoms with van der Waals surface area (Å²) >= 11 is 5.38. The summed E-state index contributed by atoms with van der Waals surface area (Å²) < 4.78 is 1.12. The molecule has 1 rings (SSSR count). The molecule has 14 heavy (non-hydrogen) atoms. The maximum absolute atomic E-state index is 5.97. The highest BCUT2D eigenvalue weighted by molar-refractivity contribution is 9.10. The third kappa shape index (κ3) is 3.30. The molecule has 0 fully saturated rings. The molecular formula is C11H16BrNS. The first-order valence-corrected chi connectivity index (χ1v) is 6.62. The zero-order valence-electron chi connectivity index (χ0n) is 8.53. The van der Waals surface area contributed by atoms with Crippen LogP contribution >= 0.6 is 27.7 Å². The van der Waals surface area contributed by atoms with Crippen LogP contribution in [-0.2, 0) is 0 Å². The van der Waals surface area contributed by atoms with E-state index in [1.54, 1.807) is 0 Å². The maximum atomic E-state index is 5.97. The van der Waals surface area contributed by atoms with Crippen LogP contribution in [0, 0.1) is 0 Å². The summed E-state index contributed by atoms with van der Waals surface area (Å²) in [7, 11) is 0. The van der Waals surface area contributed by atoms with Gasteiger partial charge in [0.1, 0.15) is 0 Å². The minimum absolute atomic E-state index is 0.189. The minimum Gasteiger partial charge on any atom is -0.327 e. The summed E-state index contributed by atoms with van der Waals surface area (Å²) in [6.45, 7) is 4.23. The van der Waals surface area contributed by atoms with Crippen LogP contribution in [0.4, 0.5) is 0 Å². The summed E-state index contributed by atoms with van der Waals surface area (Å²) in [4.78, 5) is 0. The van der Waals surface area contributed by atoms with E-state index in [1.807, 2.05) is 17.8 Å². The fourth-order valence-electron chi connectivity index (χ4n) is 1.41. The monoisotopic (exact) mass is 273 g/mol. The lowest BCUT2D eigenvalue weighted by Gasteiger charge is -2.20. The van der Waals surface area contributed by atoms with Gasteiger partial charge in [0, 0.05) is 15.8 Å². The van der Waals surface area contributed by atoms with Crippen LogP contribution in [0.3, 0.4) is 0 Å². The molecule has 2 atom stereocenters. The van der Waals surface area contributed by atoms with Gasteiger partial charge in [-0.15, -0.1) is 0 Å². The zero-order valence-corrected chi connectivity index (χ0v) is 10.9. The first-order chi connectivity index (χ1) is 6.65. The topological polar surface area (TPSA) is 26.0 Å². The Morgan fingerprint density at radius 2 is 2.21 bits per heavy atom. The molecule has 1 nitrogen and oxygen atoms in total. The van der Waals surface area contributed by atoms with E-state index < -0.39 is 0 Å². The van der Waals surface area contributed by atoms with E-state index in [4.69, 9.17) is 5.73 Å². The summed E-state index contributed by atoms with van der Waals surface area (Å²) in [6.07, 6.45) is 0. The lowest BCUT2D eigenvalue weighted by Crippen LogP contribution is -2.22. The molecule has 0 spiro atoms. The fraction of sp³-hybridized carbons (Fsp3) is 0.455. The Hall–Kier alpha value is 0.01000. The SMILES string of the molecule is CCSC(c1cccc(Br)c1)C(C)N. The van der Waals surface area contributed by atoms with Gasteiger partial charge in [-0.05, 0) is 30.4 Å². The second-order valence-electron chi connectivity index (χ2n) is 3.29. The van der Waals surface area contributed by atoms with E-state index in [9.17, 15) is 0 Å². The normalized spacial score (nSPS) is 15.1. The van der Waals surface area contributed by atoms with Crippen LogP contribution in [0.2, 0.25) is 0 Å². The minimum atomic E-state index is 0.189. The molecule has 2 N–H and O–H groups in total. The van der Waals surface area contributed by atoms with Gasteiger partial charge in [0.25, 0.3) is 0 Å². The third-order valence-electron chi connectivity index (χ3n) is 2.00. The van der Waals surface area contributed by atoms with E-state index in [0.717, 1.165) is 10.2 Å². The molecule has 3 heteroatoms. The molecule has 1 aromatic carbocycles. The van der Waals surface area contributed by atoms with Crippen molar-refractivity contribution in [1.29, 1.82) is 0 Å². The van der Waals surface area contributed by atoms with Gasteiger partial charge in [-0.1, -0.05) is 35.0 Å². The van der Waals surface area contributed by atoms with E-state index in [0.29, 0.717) is 5.25 Å². The number of hydrogen-bond donors (Lipinski definition) is 1. The van der Waals surface area contributed by atoms with Crippen molar-refractivity contribution >= 4 is 27.7 Å². The predicted molar refractivity (Wildman–Crippen MR) is 68.7 cm³/mol. The Bertz CT molecular complexity index is 288. The van der Waals surface area contributed by atoms with Crippen molar-refractivity contribution in [2.75, 3.05) is 5.75 Å². The van der Waals surface area contributed by atoms with Crippen LogP contribution < -0.4 is 5.73 Å². The first kappa shape index (κ1) is 12.1. The number of thioether (sulfide) groups is 1. The second kappa shape index (κ2) is 5.79. The Kier molecular flexibility index (Phi) is 4.99. The van der Waals surface area contributed by atoms with Crippen molar-refractivity contribution in [2.45, 2.75) is 25.1 Å². The maximum Gasteiger partial charge on any atom is 0.0445 e. The van der Waals surface area contributed by atoms with Crippen LogP contribution in [0.5, 0.6) is 0 Å². The smallest absolute Gasteiger partial charge is 0.0445 e. The van der Waals surface area contributed by atoms with Gasteiger partial charge in [-0.25, -0.2) is 0 Å². The molecule has 0 aliphatic heterocycles. The Labute approximate surface area is 98.6 Å². The lowest BCUT2D eigenvalue weighted by molar-refractivity contribution is 0.721. The van der Waals surface area contributed by atoms with Gasteiger partial charge in [0.15, 0.2) is 0 Å². The zero-order chi connectivity index (χ0) is 10.6. The van der Waals surface area contributed by atoms with Gasteiger partial charge < -0.3 is 5.73 Å². The van der Waals surface area contributed by atoms with E-state index in [-0.39, 0.29) is 6.04 Å². The first-order valence-electron chi connectivity index (χ1n) is 4.77. The molecule has 0 radical (unpaired) electrons. The second-order valence-corrected chi connectivity index (χ2v) is 5.62. The third-order valence-corrected chi connectivity index (χ3v) is 3.89. The van der Waals surface area contributed by atoms with Crippen molar-refractivity contribution in [3.63, 3.8) is 0 Å². The molecule has 0 aliphatic carbocycles. The highest BCUT2D eigenvalue weighted by atomic mass is 79.9. The van der Waals surface area contributed by atoms with Crippen LogP contribution in [0.15, 0.2) is 28.7 Å². The van der Waals surface area contributed by atoms with Gasteiger partial charge in [-0.3, -0.25) is 0 Å². The van der Waals surface area contributed by atoms with Gasteiger partial charge in [0.2, 0.25) is 0 Å². The summed E-state index contributed by atoms with van der Waals surface area (Å²) in [5, 5.41) is 0.400. The Balaban J connectivity index is 2.87. The molecule has 0 aliphatic rings. The number of hydrogen-bond acceptors (Lipinski definition) is 2. The van der Waals surface area contributed by atoms with Crippen molar-refractivity contribution in [2.24, 2.45) is 5.73 Å². The van der Waals surface area contributed by atoms with Crippen LogP contribution in [0.1, 0.15) is 24.7 Å². The molecular weight excluding hydrogens is 258 g/mol. The summed E-state index contributed by atoms with van der Waals surface area (Å²) in [5.41, 5.74) is 7.28. The quantitative estimate of drug-likeness (QED) is 0.908. The van der Waals surface area contributed by atoms with E-state index >= 15 is 0 Å². The standard InChI is InChI=1S/C11H16BrNS/c1-3-14-11(8(2)13)9-5-4-6-10(12)7-9/h4-8,11H,3,13H2,1-2H3. The Morgan fingerprint density at radius 1 is 1.50 bits per heavy atom. The number of halogens is 1. The summed E-state index contributed by atoms with van der Waals surface area (Å²) in [5.74, 6) is 1.10. The van der Waals surface area contributed by atoms with Gasteiger partial charge in [-0.2, -0.15) is 11.8 Å². The highest BCUT2D eigenvalue weighted by Crippen LogP contribution is 2.32. The van der Waals surface area contributed by atoms with Crippen molar-refractivity contribution < 1.29 is 0 Å². The van der Waals surface area contributed by atoms with Crippen LogP contribution in [-0.4, -0.2) is 11.8 Å². The number of nitrogens with two attached hydrogens (primary N) is 1.